The monoisotopic (exact) mass is 445 g/mol. The van der Waals surface area contributed by atoms with E-state index in [2.05, 4.69) is 16.0 Å². The Morgan fingerprint density at radius 3 is 2.53 bits per heavy atom. The Labute approximate surface area is 186 Å². The van der Waals surface area contributed by atoms with Gasteiger partial charge in [0.05, 0.1) is 35.5 Å². The molecule has 0 saturated heterocycles. The zero-order valence-corrected chi connectivity index (χ0v) is 18.6. The number of para-hydroxylation sites is 1. The van der Waals surface area contributed by atoms with Crippen molar-refractivity contribution < 1.29 is 14.3 Å². The minimum atomic E-state index is -0.462. The van der Waals surface area contributed by atoms with Crippen LogP contribution in [0.25, 0.3) is 0 Å². The van der Waals surface area contributed by atoms with Crippen molar-refractivity contribution in [2.24, 2.45) is 0 Å². The van der Waals surface area contributed by atoms with Crippen LogP contribution in [0, 0.1) is 0 Å². The number of thiocarbonyl (C=S) groups is 1. The molecule has 2 aromatic rings. The summed E-state index contributed by atoms with van der Waals surface area (Å²) in [5.74, 6) is 0.994. The molecule has 1 atom stereocenters. The van der Waals surface area contributed by atoms with Gasteiger partial charge in [0.2, 0.25) is 0 Å². The van der Waals surface area contributed by atoms with E-state index < -0.39 is 6.04 Å². The van der Waals surface area contributed by atoms with E-state index in [9.17, 15) is 4.79 Å². The third kappa shape index (κ3) is 4.86. The van der Waals surface area contributed by atoms with Crippen molar-refractivity contribution in [2.45, 2.75) is 26.8 Å². The standard InChI is InChI=1S/C22H24ClN3O3S/c1-4-28-17-11-10-14(12-18(17)29-5-2)20-19(13(3)24-22(30)26-20)21(27)25-16-9-7-6-8-15(16)23/h6-12,20H,4-5H2,1-3H3,(H,25,27)(H2,24,26,30)/t20-/m0/s1. The van der Waals surface area contributed by atoms with E-state index in [1.165, 1.54) is 0 Å². The molecule has 1 aliphatic rings. The number of allylic oxidation sites excluding steroid dienone is 1. The van der Waals surface area contributed by atoms with Crippen molar-refractivity contribution in [3.05, 3.63) is 64.3 Å². The molecule has 2 aromatic carbocycles. The molecule has 1 heterocycles. The number of halogens is 1. The second kappa shape index (κ2) is 9.82. The zero-order chi connectivity index (χ0) is 21.7. The second-order valence-corrected chi connectivity index (χ2v) is 7.39. The fourth-order valence-corrected chi connectivity index (χ4v) is 3.70. The number of benzene rings is 2. The summed E-state index contributed by atoms with van der Waals surface area (Å²) < 4.78 is 11.4. The maximum absolute atomic E-state index is 13.2. The highest BCUT2D eigenvalue weighted by Gasteiger charge is 2.30. The average Bonchev–Trinajstić information content (AvgIpc) is 2.70. The number of rotatable bonds is 7. The van der Waals surface area contributed by atoms with Crippen molar-refractivity contribution in [1.29, 1.82) is 0 Å². The van der Waals surface area contributed by atoms with Gasteiger partial charge in [0, 0.05) is 5.70 Å². The number of nitrogens with one attached hydrogen (secondary N) is 3. The van der Waals surface area contributed by atoms with Crippen LogP contribution >= 0.6 is 23.8 Å². The minimum absolute atomic E-state index is 0.278. The number of ether oxygens (including phenoxy) is 2. The Morgan fingerprint density at radius 1 is 1.13 bits per heavy atom. The van der Waals surface area contributed by atoms with Crippen LogP contribution in [0.1, 0.15) is 32.4 Å². The molecule has 0 aliphatic carbocycles. The Bertz CT molecular complexity index is 993. The Balaban J connectivity index is 1.98. The summed E-state index contributed by atoms with van der Waals surface area (Å²) in [4.78, 5) is 13.2. The van der Waals surface area contributed by atoms with Gasteiger partial charge in [0.1, 0.15) is 0 Å². The molecule has 8 heteroatoms. The van der Waals surface area contributed by atoms with E-state index in [0.29, 0.717) is 51.8 Å². The molecule has 0 saturated carbocycles. The van der Waals surface area contributed by atoms with Gasteiger partial charge in [-0.25, -0.2) is 0 Å². The van der Waals surface area contributed by atoms with Crippen LogP contribution in [0.15, 0.2) is 53.7 Å². The highest BCUT2D eigenvalue weighted by atomic mass is 35.5. The van der Waals surface area contributed by atoms with Gasteiger partial charge >= 0.3 is 0 Å². The lowest BCUT2D eigenvalue weighted by molar-refractivity contribution is -0.113. The molecule has 3 N–H and O–H groups in total. The number of hydrogen-bond acceptors (Lipinski definition) is 4. The molecule has 0 bridgehead atoms. The molecule has 0 fully saturated rings. The van der Waals surface area contributed by atoms with E-state index in [1.54, 1.807) is 12.1 Å². The molecule has 0 unspecified atom stereocenters. The lowest BCUT2D eigenvalue weighted by Gasteiger charge is -2.30. The van der Waals surface area contributed by atoms with Gasteiger partial charge in [-0.3, -0.25) is 4.79 Å². The Kier molecular flexibility index (Phi) is 7.18. The van der Waals surface area contributed by atoms with Crippen molar-refractivity contribution >= 4 is 40.5 Å². The largest absolute Gasteiger partial charge is 0.490 e. The van der Waals surface area contributed by atoms with E-state index in [0.717, 1.165) is 5.56 Å². The summed E-state index contributed by atoms with van der Waals surface area (Å²) in [7, 11) is 0. The lowest BCUT2D eigenvalue weighted by Crippen LogP contribution is -2.45. The number of carbonyl (C=O) groups is 1. The van der Waals surface area contributed by atoms with Crippen molar-refractivity contribution in [1.82, 2.24) is 10.6 Å². The van der Waals surface area contributed by atoms with Gasteiger partial charge in [-0.05, 0) is 62.8 Å². The summed E-state index contributed by atoms with van der Waals surface area (Å²) in [5, 5.41) is 10.0. The van der Waals surface area contributed by atoms with Crippen molar-refractivity contribution in [3.8, 4) is 11.5 Å². The zero-order valence-electron chi connectivity index (χ0n) is 17.0. The van der Waals surface area contributed by atoms with Crippen LogP contribution in [-0.2, 0) is 4.79 Å². The first-order chi connectivity index (χ1) is 14.4. The summed E-state index contributed by atoms with van der Waals surface area (Å²) in [6, 6.07) is 12.3. The van der Waals surface area contributed by atoms with E-state index in [-0.39, 0.29) is 5.91 Å². The average molecular weight is 446 g/mol. The van der Waals surface area contributed by atoms with Gasteiger partial charge < -0.3 is 25.4 Å². The van der Waals surface area contributed by atoms with E-state index in [4.69, 9.17) is 33.3 Å². The SMILES string of the molecule is CCOc1ccc([C@@H]2NC(=S)NC(C)=C2C(=O)Nc2ccccc2Cl)cc1OCC. The number of anilines is 1. The Hall–Kier alpha value is -2.77. The maximum atomic E-state index is 13.2. The maximum Gasteiger partial charge on any atom is 0.255 e. The van der Waals surface area contributed by atoms with Gasteiger partial charge in [0.15, 0.2) is 16.6 Å². The topological polar surface area (TPSA) is 71.6 Å². The first kappa shape index (κ1) is 21.9. The summed E-state index contributed by atoms with van der Waals surface area (Å²) in [6.07, 6.45) is 0. The molecule has 1 amide bonds. The highest BCUT2D eigenvalue weighted by molar-refractivity contribution is 7.80. The molecule has 30 heavy (non-hydrogen) atoms. The molecule has 1 aliphatic heterocycles. The molecule has 0 aromatic heterocycles. The van der Waals surface area contributed by atoms with E-state index in [1.807, 2.05) is 51.1 Å². The van der Waals surface area contributed by atoms with Crippen molar-refractivity contribution in [2.75, 3.05) is 18.5 Å². The normalized spacial score (nSPS) is 15.9. The molecule has 158 valence electrons. The van der Waals surface area contributed by atoms with Gasteiger partial charge in [-0.1, -0.05) is 29.8 Å². The highest BCUT2D eigenvalue weighted by Crippen LogP contribution is 2.35. The van der Waals surface area contributed by atoms with Crippen LogP contribution in [0.4, 0.5) is 5.69 Å². The predicted octanol–water partition coefficient (Wildman–Crippen LogP) is 4.57. The molecule has 6 nitrogen and oxygen atoms in total. The minimum Gasteiger partial charge on any atom is -0.490 e. The number of hydrogen-bond donors (Lipinski definition) is 3. The van der Waals surface area contributed by atoms with Gasteiger partial charge in [0.25, 0.3) is 5.91 Å². The van der Waals surface area contributed by atoms with Crippen LogP contribution in [0.3, 0.4) is 0 Å². The molecular weight excluding hydrogens is 422 g/mol. The quantitative estimate of drug-likeness (QED) is 0.542. The number of carbonyl (C=O) groups excluding carboxylic acids is 1. The van der Waals surface area contributed by atoms with Crippen LogP contribution in [-0.4, -0.2) is 24.2 Å². The summed E-state index contributed by atoms with van der Waals surface area (Å²) >= 11 is 11.5. The third-order valence-electron chi connectivity index (χ3n) is 4.54. The smallest absolute Gasteiger partial charge is 0.255 e. The first-order valence-corrected chi connectivity index (χ1v) is 10.5. The fourth-order valence-electron chi connectivity index (χ4n) is 3.24. The second-order valence-electron chi connectivity index (χ2n) is 6.58. The van der Waals surface area contributed by atoms with E-state index >= 15 is 0 Å². The number of amides is 1. The lowest BCUT2D eigenvalue weighted by atomic mass is 9.94. The van der Waals surface area contributed by atoms with Crippen molar-refractivity contribution in [3.63, 3.8) is 0 Å². The van der Waals surface area contributed by atoms with Crippen LogP contribution in [0.2, 0.25) is 5.02 Å². The van der Waals surface area contributed by atoms with Crippen LogP contribution in [0.5, 0.6) is 11.5 Å². The third-order valence-corrected chi connectivity index (χ3v) is 5.09. The molecule has 0 radical (unpaired) electrons. The Morgan fingerprint density at radius 2 is 1.83 bits per heavy atom. The molecule has 0 spiro atoms. The van der Waals surface area contributed by atoms with Gasteiger partial charge in [-0.2, -0.15) is 0 Å². The molecular formula is C22H24ClN3O3S. The van der Waals surface area contributed by atoms with Gasteiger partial charge in [-0.15, -0.1) is 0 Å². The van der Waals surface area contributed by atoms with Crippen LogP contribution < -0.4 is 25.4 Å². The summed E-state index contributed by atoms with van der Waals surface area (Å²) in [5.41, 5.74) is 2.54. The first-order valence-electron chi connectivity index (χ1n) is 9.68. The summed E-state index contributed by atoms with van der Waals surface area (Å²) in [6.45, 7) is 6.67. The predicted molar refractivity (Wildman–Crippen MR) is 123 cm³/mol. The fraction of sp³-hybridized carbons (Fsp3) is 0.273. The molecule has 3 rings (SSSR count).